The third-order valence-corrected chi connectivity index (χ3v) is 7.31. The minimum absolute atomic E-state index is 0.0421. The van der Waals surface area contributed by atoms with Crippen molar-refractivity contribution in [2.45, 2.75) is 24.8 Å². The average molecular weight is 503 g/mol. The molecular weight excluding hydrogens is 483 g/mol. The van der Waals surface area contributed by atoms with Gasteiger partial charge in [0.05, 0.1) is 28.4 Å². The monoisotopic (exact) mass is 502 g/mol. The van der Waals surface area contributed by atoms with Gasteiger partial charge in [-0.2, -0.15) is 0 Å². The van der Waals surface area contributed by atoms with E-state index < -0.39 is 6.04 Å². The maximum absolute atomic E-state index is 13.7. The lowest BCUT2D eigenvalue weighted by molar-refractivity contribution is -0.116. The molecule has 2 heterocycles. The number of benzene rings is 3. The molecule has 6 rings (SSSR count). The molecule has 0 saturated carbocycles. The number of ketones is 1. The van der Waals surface area contributed by atoms with Crippen LogP contribution in [0.15, 0.2) is 93.5 Å². The second-order valence-corrected chi connectivity index (χ2v) is 9.69. The molecule has 2 aliphatic rings. The van der Waals surface area contributed by atoms with Gasteiger partial charge in [0.15, 0.2) is 11.2 Å². The smallest absolute Gasteiger partial charge is 0.198 e. The van der Waals surface area contributed by atoms with E-state index >= 15 is 0 Å². The van der Waals surface area contributed by atoms with Crippen LogP contribution in [0.2, 0.25) is 10.0 Å². The van der Waals surface area contributed by atoms with E-state index in [1.807, 2.05) is 48.5 Å². The number of halogens is 2. The van der Waals surface area contributed by atoms with Gasteiger partial charge >= 0.3 is 0 Å². The number of hydrogen-bond donors (Lipinski definition) is 2. The Morgan fingerprint density at radius 3 is 2.46 bits per heavy atom. The zero-order valence-corrected chi connectivity index (χ0v) is 20.0. The second-order valence-electron chi connectivity index (χ2n) is 8.85. The number of carbonyl (C=O) groups is 1. The Morgan fingerprint density at radius 2 is 1.63 bits per heavy atom. The summed E-state index contributed by atoms with van der Waals surface area (Å²) >= 11 is 12.6. The molecular formula is C28H20Cl2N2O3. The Kier molecular flexibility index (Phi) is 5.39. The molecule has 5 nitrogen and oxygen atoms in total. The SMILES string of the molecule is O=C1CC(c2ccccc2Cl)CC2=C1C(c1coc3ccc(Cl)cc3c1=O)Nc1ccccc1N2. The van der Waals surface area contributed by atoms with E-state index in [9.17, 15) is 9.59 Å². The molecule has 35 heavy (non-hydrogen) atoms. The van der Waals surface area contributed by atoms with Gasteiger partial charge in [-0.05, 0) is 54.3 Å². The lowest BCUT2D eigenvalue weighted by Gasteiger charge is -2.30. The molecule has 2 N–H and O–H groups in total. The minimum atomic E-state index is -0.680. The summed E-state index contributed by atoms with van der Waals surface area (Å²) in [5, 5.41) is 8.37. The molecule has 0 fully saturated rings. The summed E-state index contributed by atoms with van der Waals surface area (Å²) in [6.07, 6.45) is 2.33. The molecule has 0 saturated heterocycles. The van der Waals surface area contributed by atoms with Crippen LogP contribution >= 0.6 is 23.2 Å². The maximum Gasteiger partial charge on any atom is 0.198 e. The van der Waals surface area contributed by atoms with Crippen molar-refractivity contribution >= 4 is 51.3 Å². The van der Waals surface area contributed by atoms with Crippen LogP contribution in [0.4, 0.5) is 11.4 Å². The number of fused-ring (bicyclic) bond motifs is 2. The minimum Gasteiger partial charge on any atom is -0.464 e. The van der Waals surface area contributed by atoms with Gasteiger partial charge in [0, 0.05) is 27.7 Å². The summed E-state index contributed by atoms with van der Waals surface area (Å²) in [5.41, 5.74) is 4.46. The van der Waals surface area contributed by atoms with Gasteiger partial charge in [0.2, 0.25) is 0 Å². The van der Waals surface area contributed by atoms with Crippen molar-refractivity contribution in [3.05, 3.63) is 116 Å². The number of anilines is 2. The van der Waals surface area contributed by atoms with Crippen LogP contribution in [0.5, 0.6) is 0 Å². The van der Waals surface area contributed by atoms with Crippen LogP contribution in [0.3, 0.4) is 0 Å². The van der Waals surface area contributed by atoms with Crippen LogP contribution in [0.25, 0.3) is 11.0 Å². The molecule has 0 bridgehead atoms. The quantitative estimate of drug-likeness (QED) is 0.306. The fourth-order valence-corrected chi connectivity index (χ4v) is 5.53. The summed E-state index contributed by atoms with van der Waals surface area (Å²) in [5.74, 6) is -0.111. The predicted molar refractivity (Wildman–Crippen MR) is 139 cm³/mol. The van der Waals surface area contributed by atoms with Crippen molar-refractivity contribution in [2.24, 2.45) is 0 Å². The average Bonchev–Trinajstić information content (AvgIpc) is 3.02. The van der Waals surface area contributed by atoms with Gasteiger partial charge in [-0.25, -0.2) is 0 Å². The number of nitrogens with one attached hydrogen (secondary N) is 2. The van der Waals surface area contributed by atoms with Crippen molar-refractivity contribution < 1.29 is 9.21 Å². The normalized spacial score (nSPS) is 19.4. The highest BCUT2D eigenvalue weighted by molar-refractivity contribution is 6.31. The lowest BCUT2D eigenvalue weighted by Crippen LogP contribution is -2.29. The Morgan fingerprint density at radius 1 is 0.857 bits per heavy atom. The maximum atomic E-state index is 13.7. The standard InChI is InChI=1S/C28H20Cl2N2O3/c29-16-9-10-25-18(13-16)28(34)19(14-35-25)27-26-23(31-21-7-3-4-8-22(21)32-27)11-15(12-24(26)33)17-5-1-2-6-20(17)30/h1-10,13-15,27,31-32H,11-12H2. The van der Waals surface area contributed by atoms with Gasteiger partial charge in [-0.1, -0.05) is 53.5 Å². The summed E-state index contributed by atoms with van der Waals surface area (Å²) < 4.78 is 5.81. The zero-order chi connectivity index (χ0) is 24.1. The number of rotatable bonds is 2. The van der Waals surface area contributed by atoms with Crippen LogP contribution in [-0.2, 0) is 4.79 Å². The van der Waals surface area contributed by atoms with Gasteiger partial charge in [0.25, 0.3) is 0 Å². The largest absolute Gasteiger partial charge is 0.464 e. The van der Waals surface area contributed by atoms with Gasteiger partial charge in [-0.15, -0.1) is 0 Å². The van der Waals surface area contributed by atoms with Gasteiger partial charge in [-0.3, -0.25) is 9.59 Å². The van der Waals surface area contributed by atoms with E-state index in [1.165, 1.54) is 6.26 Å². The van der Waals surface area contributed by atoms with Crippen LogP contribution in [0.1, 0.15) is 35.9 Å². The summed E-state index contributed by atoms with van der Waals surface area (Å²) in [6.45, 7) is 0. The molecule has 174 valence electrons. The Balaban J connectivity index is 1.53. The summed E-state index contributed by atoms with van der Waals surface area (Å²) in [4.78, 5) is 27.3. The topological polar surface area (TPSA) is 71.3 Å². The Bertz CT molecular complexity index is 1590. The first kappa shape index (κ1) is 22.0. The first-order valence-electron chi connectivity index (χ1n) is 11.3. The fraction of sp³-hybridized carbons (Fsp3) is 0.143. The van der Waals surface area contributed by atoms with E-state index in [-0.39, 0.29) is 17.1 Å². The van der Waals surface area contributed by atoms with Gasteiger partial charge < -0.3 is 15.1 Å². The Labute approximate surface area is 211 Å². The molecule has 2 unspecified atom stereocenters. The van der Waals surface area contributed by atoms with Crippen molar-refractivity contribution in [1.29, 1.82) is 0 Å². The predicted octanol–water partition coefficient (Wildman–Crippen LogP) is 7.08. The molecule has 0 spiro atoms. The van der Waals surface area contributed by atoms with E-state index in [0.29, 0.717) is 45.0 Å². The summed E-state index contributed by atoms with van der Waals surface area (Å²) in [7, 11) is 0. The van der Waals surface area contributed by atoms with Crippen LogP contribution < -0.4 is 16.1 Å². The van der Waals surface area contributed by atoms with Crippen molar-refractivity contribution in [3.63, 3.8) is 0 Å². The third kappa shape index (κ3) is 3.81. The number of Topliss-reactive ketones (excluding diaryl/α,β-unsaturated/α-hetero) is 1. The summed E-state index contributed by atoms with van der Waals surface area (Å²) in [6, 6.07) is 19.6. The van der Waals surface area contributed by atoms with Crippen LogP contribution in [0, 0.1) is 0 Å². The molecule has 0 amide bonds. The fourth-order valence-electron chi connectivity index (χ4n) is 5.07. The molecule has 4 aromatic rings. The molecule has 1 aliphatic heterocycles. The van der Waals surface area contributed by atoms with E-state index in [2.05, 4.69) is 10.6 Å². The van der Waals surface area contributed by atoms with Crippen LogP contribution in [-0.4, -0.2) is 5.78 Å². The first-order valence-corrected chi connectivity index (χ1v) is 12.1. The van der Waals surface area contributed by atoms with Crippen molar-refractivity contribution in [1.82, 2.24) is 0 Å². The van der Waals surface area contributed by atoms with Crippen molar-refractivity contribution in [2.75, 3.05) is 10.6 Å². The highest BCUT2D eigenvalue weighted by Gasteiger charge is 2.37. The van der Waals surface area contributed by atoms with E-state index in [0.717, 1.165) is 22.6 Å². The number of hydrogen-bond acceptors (Lipinski definition) is 5. The third-order valence-electron chi connectivity index (χ3n) is 6.73. The number of carbonyl (C=O) groups excluding carboxylic acids is 1. The first-order chi connectivity index (χ1) is 17.0. The molecule has 2 atom stereocenters. The molecule has 0 radical (unpaired) electrons. The molecule has 1 aliphatic carbocycles. The highest BCUT2D eigenvalue weighted by Crippen LogP contribution is 2.45. The second kappa shape index (κ2) is 8.59. The lowest BCUT2D eigenvalue weighted by atomic mass is 9.78. The highest BCUT2D eigenvalue weighted by atomic mass is 35.5. The van der Waals surface area contributed by atoms with E-state index in [4.69, 9.17) is 27.6 Å². The Hall–Kier alpha value is -3.54. The number of para-hydroxylation sites is 2. The zero-order valence-electron chi connectivity index (χ0n) is 18.5. The molecule has 3 aromatic carbocycles. The number of allylic oxidation sites excluding steroid dienone is 1. The molecule has 7 heteroatoms. The van der Waals surface area contributed by atoms with Gasteiger partial charge in [0.1, 0.15) is 11.8 Å². The molecule has 1 aromatic heterocycles. The van der Waals surface area contributed by atoms with E-state index in [1.54, 1.807) is 18.2 Å². The van der Waals surface area contributed by atoms with Crippen molar-refractivity contribution in [3.8, 4) is 0 Å².